The number of nitro benzene ring substituents is 1. The summed E-state index contributed by atoms with van der Waals surface area (Å²) in [5.41, 5.74) is 0.251. The fourth-order valence-corrected chi connectivity index (χ4v) is 1.49. The molecule has 0 saturated carbocycles. The number of hydrogen-bond acceptors (Lipinski definition) is 7. The third kappa shape index (κ3) is 3.08. The number of hydrogen-bond donors (Lipinski definition) is 1. The van der Waals surface area contributed by atoms with Gasteiger partial charge in [-0.15, -0.1) is 5.10 Å². The zero-order valence-electron chi connectivity index (χ0n) is 11.1. The molecule has 0 aliphatic rings. The van der Waals surface area contributed by atoms with Gasteiger partial charge in [0.2, 0.25) is 0 Å². The van der Waals surface area contributed by atoms with Crippen LogP contribution in [0.4, 0.5) is 5.69 Å². The first kappa shape index (κ1) is 14.3. The summed E-state index contributed by atoms with van der Waals surface area (Å²) in [5, 5.41) is 27.2. The Hall–Kier alpha value is -3.10. The number of ether oxygens (including phenoxy) is 1. The fraction of sp³-hybridized carbons (Fsp3) is 0.167. The molecule has 0 spiro atoms. The van der Waals surface area contributed by atoms with Crippen LogP contribution in [-0.2, 0) is 0 Å². The number of benzene rings is 1. The molecule has 0 bridgehead atoms. The topological polar surface area (TPSA) is 128 Å². The van der Waals surface area contributed by atoms with Gasteiger partial charge in [-0.2, -0.15) is 4.98 Å². The minimum Gasteiger partial charge on any atom is -0.477 e. The third-order valence-corrected chi connectivity index (χ3v) is 2.68. The standard InChI is InChI=1S/C12H10N4O5/c1-6-7(2)14-15-12(13-6)21-8-3-4-10(16(19)20)9(5-8)11(17)18/h3-5H,1-2H3,(H,17,18). The first-order valence-corrected chi connectivity index (χ1v) is 5.76. The zero-order valence-corrected chi connectivity index (χ0v) is 11.1. The normalized spacial score (nSPS) is 10.2. The maximum atomic E-state index is 11.0. The summed E-state index contributed by atoms with van der Waals surface area (Å²) in [6, 6.07) is 3.29. The lowest BCUT2D eigenvalue weighted by atomic mass is 10.2. The molecule has 1 aromatic carbocycles. The molecular formula is C12H10N4O5. The van der Waals surface area contributed by atoms with Gasteiger partial charge in [-0.3, -0.25) is 10.1 Å². The number of aromatic nitrogens is 3. The summed E-state index contributed by atoms with van der Waals surface area (Å²) in [6.07, 6.45) is 0. The Kier molecular flexibility index (Phi) is 3.74. The summed E-state index contributed by atoms with van der Waals surface area (Å²) >= 11 is 0. The van der Waals surface area contributed by atoms with Gasteiger partial charge >= 0.3 is 12.0 Å². The van der Waals surface area contributed by atoms with E-state index in [2.05, 4.69) is 15.2 Å². The maximum absolute atomic E-state index is 11.0. The van der Waals surface area contributed by atoms with Crippen LogP contribution >= 0.6 is 0 Å². The van der Waals surface area contributed by atoms with Crippen LogP contribution in [0, 0.1) is 24.0 Å². The van der Waals surface area contributed by atoms with Crippen LogP contribution in [0.5, 0.6) is 11.8 Å². The number of nitro groups is 1. The van der Waals surface area contributed by atoms with E-state index in [1.165, 1.54) is 6.07 Å². The van der Waals surface area contributed by atoms with Crippen molar-refractivity contribution in [3.05, 3.63) is 45.3 Å². The average Bonchev–Trinajstić information content (AvgIpc) is 2.42. The quantitative estimate of drug-likeness (QED) is 0.667. The van der Waals surface area contributed by atoms with Gasteiger partial charge in [0.15, 0.2) is 0 Å². The summed E-state index contributed by atoms with van der Waals surface area (Å²) < 4.78 is 5.27. The van der Waals surface area contributed by atoms with Crippen LogP contribution in [-0.4, -0.2) is 31.2 Å². The monoisotopic (exact) mass is 290 g/mol. The van der Waals surface area contributed by atoms with Gasteiger partial charge in [0.1, 0.15) is 11.3 Å². The number of aryl methyl sites for hydroxylation is 2. The van der Waals surface area contributed by atoms with Crippen LogP contribution in [0.2, 0.25) is 0 Å². The van der Waals surface area contributed by atoms with Crippen molar-refractivity contribution in [2.75, 3.05) is 0 Å². The predicted octanol–water partition coefficient (Wildman–Crippen LogP) is 1.89. The van der Waals surface area contributed by atoms with E-state index in [1.807, 2.05) is 0 Å². The van der Waals surface area contributed by atoms with E-state index in [9.17, 15) is 14.9 Å². The van der Waals surface area contributed by atoms with Gasteiger partial charge < -0.3 is 9.84 Å². The number of carboxylic acids is 1. The Morgan fingerprint density at radius 1 is 1.29 bits per heavy atom. The molecule has 0 saturated heterocycles. The van der Waals surface area contributed by atoms with E-state index >= 15 is 0 Å². The SMILES string of the molecule is Cc1nnc(Oc2ccc([N+](=O)[O-])c(C(=O)O)c2)nc1C. The Morgan fingerprint density at radius 3 is 2.57 bits per heavy atom. The van der Waals surface area contributed by atoms with Crippen LogP contribution in [0.1, 0.15) is 21.7 Å². The highest BCUT2D eigenvalue weighted by Crippen LogP contribution is 2.26. The first-order chi connectivity index (χ1) is 9.88. The van der Waals surface area contributed by atoms with Gasteiger partial charge in [0, 0.05) is 12.1 Å². The predicted molar refractivity (Wildman–Crippen MR) is 69.4 cm³/mol. The third-order valence-electron chi connectivity index (χ3n) is 2.68. The van der Waals surface area contributed by atoms with E-state index in [0.29, 0.717) is 11.4 Å². The van der Waals surface area contributed by atoms with Crippen LogP contribution in [0.15, 0.2) is 18.2 Å². The highest BCUT2D eigenvalue weighted by atomic mass is 16.6. The molecule has 0 unspecified atom stereocenters. The Labute approximate surface area is 118 Å². The molecule has 0 aliphatic carbocycles. The molecule has 1 heterocycles. The van der Waals surface area contributed by atoms with Crippen LogP contribution in [0.25, 0.3) is 0 Å². The zero-order chi connectivity index (χ0) is 15.6. The minimum absolute atomic E-state index is 0.0664. The lowest BCUT2D eigenvalue weighted by Crippen LogP contribution is -2.04. The molecule has 9 nitrogen and oxygen atoms in total. The van der Waals surface area contributed by atoms with Crippen molar-refractivity contribution in [2.45, 2.75) is 13.8 Å². The molecule has 2 rings (SSSR count). The molecular weight excluding hydrogens is 280 g/mol. The van der Waals surface area contributed by atoms with Gasteiger partial charge in [-0.05, 0) is 19.9 Å². The van der Waals surface area contributed by atoms with Crippen molar-refractivity contribution >= 4 is 11.7 Å². The first-order valence-electron chi connectivity index (χ1n) is 5.76. The molecule has 0 fully saturated rings. The van der Waals surface area contributed by atoms with Crippen LogP contribution in [0.3, 0.4) is 0 Å². The largest absolute Gasteiger partial charge is 0.477 e. The Balaban J connectivity index is 2.36. The molecule has 0 atom stereocenters. The number of carboxylic acid groups (broad SMARTS) is 1. The van der Waals surface area contributed by atoms with E-state index in [0.717, 1.165) is 12.1 Å². The summed E-state index contributed by atoms with van der Waals surface area (Å²) in [7, 11) is 0. The van der Waals surface area contributed by atoms with Gasteiger partial charge in [0.05, 0.1) is 16.3 Å². The molecule has 1 N–H and O–H groups in total. The van der Waals surface area contributed by atoms with Crippen LogP contribution < -0.4 is 4.74 Å². The van der Waals surface area contributed by atoms with Crippen molar-refractivity contribution in [3.63, 3.8) is 0 Å². The average molecular weight is 290 g/mol. The number of carbonyl (C=O) groups is 1. The molecule has 0 aliphatic heterocycles. The lowest BCUT2D eigenvalue weighted by Gasteiger charge is -2.05. The van der Waals surface area contributed by atoms with Crippen molar-refractivity contribution < 1.29 is 19.6 Å². The van der Waals surface area contributed by atoms with E-state index in [1.54, 1.807) is 13.8 Å². The Bertz CT molecular complexity index is 732. The number of rotatable bonds is 4. The maximum Gasteiger partial charge on any atom is 0.342 e. The summed E-state index contributed by atoms with van der Waals surface area (Å²) in [6.45, 7) is 3.45. The highest BCUT2D eigenvalue weighted by Gasteiger charge is 2.21. The van der Waals surface area contributed by atoms with Crippen molar-refractivity contribution in [3.8, 4) is 11.8 Å². The molecule has 9 heteroatoms. The van der Waals surface area contributed by atoms with Crippen molar-refractivity contribution in [1.29, 1.82) is 0 Å². The summed E-state index contributed by atoms with van der Waals surface area (Å²) in [4.78, 5) is 25.0. The van der Waals surface area contributed by atoms with Gasteiger partial charge in [0.25, 0.3) is 5.69 Å². The number of aromatic carboxylic acids is 1. The highest BCUT2D eigenvalue weighted by molar-refractivity contribution is 5.92. The second-order valence-corrected chi connectivity index (χ2v) is 4.11. The van der Waals surface area contributed by atoms with E-state index in [4.69, 9.17) is 9.84 Å². The molecule has 1 aromatic heterocycles. The fourth-order valence-electron chi connectivity index (χ4n) is 1.49. The molecule has 108 valence electrons. The minimum atomic E-state index is -1.42. The van der Waals surface area contributed by atoms with Gasteiger partial charge in [-0.1, -0.05) is 5.10 Å². The summed E-state index contributed by atoms with van der Waals surface area (Å²) in [5.74, 6) is -1.35. The smallest absolute Gasteiger partial charge is 0.342 e. The molecule has 21 heavy (non-hydrogen) atoms. The van der Waals surface area contributed by atoms with E-state index < -0.39 is 22.1 Å². The second-order valence-electron chi connectivity index (χ2n) is 4.11. The van der Waals surface area contributed by atoms with Crippen molar-refractivity contribution in [1.82, 2.24) is 15.2 Å². The molecule has 0 amide bonds. The lowest BCUT2D eigenvalue weighted by molar-refractivity contribution is -0.385. The Morgan fingerprint density at radius 2 is 2.00 bits per heavy atom. The van der Waals surface area contributed by atoms with Crippen molar-refractivity contribution in [2.24, 2.45) is 0 Å². The number of nitrogens with zero attached hydrogens (tertiary/aromatic N) is 4. The van der Waals surface area contributed by atoms with E-state index in [-0.39, 0.29) is 11.8 Å². The molecule has 0 radical (unpaired) electrons. The molecule has 2 aromatic rings. The second kappa shape index (κ2) is 5.49. The van der Waals surface area contributed by atoms with Gasteiger partial charge in [-0.25, -0.2) is 4.79 Å².